The molecule has 5 nitrogen and oxygen atoms in total. The van der Waals surface area contributed by atoms with Crippen molar-refractivity contribution in [3.8, 4) is 0 Å². The number of nitrogens with zero attached hydrogens (tertiary/aromatic N) is 2. The van der Waals surface area contributed by atoms with Gasteiger partial charge in [0.1, 0.15) is 0 Å². The number of carbonyl (C=O) groups is 1. The molecule has 0 aromatic heterocycles. The molecular weight excluding hydrogens is 304 g/mol. The summed E-state index contributed by atoms with van der Waals surface area (Å²) in [4.78, 5) is 16.4. The van der Waals surface area contributed by atoms with Gasteiger partial charge < -0.3 is 14.7 Å². The molecule has 1 aliphatic heterocycles. The van der Waals surface area contributed by atoms with Gasteiger partial charge in [0.2, 0.25) is 0 Å². The van der Waals surface area contributed by atoms with E-state index >= 15 is 0 Å². The smallest absolute Gasteiger partial charge is 0.308 e. The summed E-state index contributed by atoms with van der Waals surface area (Å²) in [5.41, 5.74) is 2.49. The van der Waals surface area contributed by atoms with Crippen LogP contribution < -0.4 is 4.90 Å². The van der Waals surface area contributed by atoms with Crippen molar-refractivity contribution in [3.63, 3.8) is 0 Å². The zero-order chi connectivity index (χ0) is 17.3. The van der Waals surface area contributed by atoms with Crippen LogP contribution in [-0.2, 0) is 9.53 Å². The van der Waals surface area contributed by atoms with Crippen LogP contribution in [0, 0.1) is 5.92 Å². The van der Waals surface area contributed by atoms with E-state index in [-0.39, 0.29) is 17.9 Å². The second-order valence-electron chi connectivity index (χ2n) is 7.21. The number of hydrogen-bond donors (Lipinski definition) is 1. The lowest BCUT2D eigenvalue weighted by molar-refractivity contribution is -0.145. The number of likely N-dealkylation sites (tertiary alicyclic amines) is 1. The minimum absolute atomic E-state index is 0.0459. The first-order chi connectivity index (χ1) is 11.5. The molecule has 2 fully saturated rings. The highest BCUT2D eigenvalue weighted by Gasteiger charge is 2.44. The van der Waals surface area contributed by atoms with Gasteiger partial charge in [-0.05, 0) is 49.9 Å². The van der Waals surface area contributed by atoms with Crippen molar-refractivity contribution in [3.05, 3.63) is 29.8 Å². The number of carbonyl (C=O) groups excluding carboxylic acids is 1. The van der Waals surface area contributed by atoms with Gasteiger partial charge >= 0.3 is 5.97 Å². The van der Waals surface area contributed by atoms with Gasteiger partial charge in [-0.25, -0.2) is 0 Å². The van der Waals surface area contributed by atoms with Gasteiger partial charge in [-0.3, -0.25) is 9.69 Å². The monoisotopic (exact) mass is 332 g/mol. The number of hydrogen-bond acceptors (Lipinski definition) is 5. The molecule has 1 aromatic carbocycles. The van der Waals surface area contributed by atoms with E-state index in [0.29, 0.717) is 18.9 Å². The molecule has 0 radical (unpaired) electrons. The third-order valence-corrected chi connectivity index (χ3v) is 5.52. The van der Waals surface area contributed by atoms with Crippen LogP contribution in [0.1, 0.15) is 37.3 Å². The maximum Gasteiger partial charge on any atom is 0.308 e. The first-order valence-corrected chi connectivity index (χ1v) is 8.80. The van der Waals surface area contributed by atoms with E-state index in [1.54, 1.807) is 0 Å². The lowest BCUT2D eigenvalue weighted by atomic mass is 10.0. The van der Waals surface area contributed by atoms with Crippen molar-refractivity contribution in [1.82, 2.24) is 4.90 Å². The standard InChI is InChI=1S/C19H28N2O3/c1-20(2)15-7-4-6-13(10-15)16-8-5-9-21(16)17-11-14(12-18(17)22)19(23)24-3/h4,6-7,10,14,16-18,22H,5,8-9,11-12H2,1-3H3/t14-,16+,17-,18-/m0/s1. The number of anilines is 1. The number of methoxy groups -OCH3 is 1. The Morgan fingerprint density at radius 1 is 1.33 bits per heavy atom. The number of aliphatic hydroxyl groups is 1. The third kappa shape index (κ3) is 3.28. The van der Waals surface area contributed by atoms with Crippen LogP contribution >= 0.6 is 0 Å². The molecule has 1 aliphatic carbocycles. The molecule has 132 valence electrons. The fraction of sp³-hybridized carbons (Fsp3) is 0.632. The van der Waals surface area contributed by atoms with Gasteiger partial charge in [0.15, 0.2) is 0 Å². The molecule has 0 unspecified atom stereocenters. The first kappa shape index (κ1) is 17.2. The Balaban J connectivity index is 1.78. The van der Waals surface area contributed by atoms with E-state index in [0.717, 1.165) is 19.4 Å². The van der Waals surface area contributed by atoms with Crippen LogP contribution in [0.5, 0.6) is 0 Å². The van der Waals surface area contributed by atoms with E-state index in [2.05, 4.69) is 34.1 Å². The van der Waals surface area contributed by atoms with Crippen molar-refractivity contribution in [2.24, 2.45) is 5.92 Å². The Morgan fingerprint density at radius 3 is 2.83 bits per heavy atom. The lowest BCUT2D eigenvalue weighted by Crippen LogP contribution is -2.40. The summed E-state index contributed by atoms with van der Waals surface area (Å²) in [7, 11) is 5.52. The van der Waals surface area contributed by atoms with Crippen molar-refractivity contribution in [1.29, 1.82) is 0 Å². The molecule has 0 bridgehead atoms. The summed E-state index contributed by atoms with van der Waals surface area (Å²) in [6, 6.07) is 8.99. The summed E-state index contributed by atoms with van der Waals surface area (Å²) in [6.07, 6.45) is 2.98. The highest BCUT2D eigenvalue weighted by atomic mass is 16.5. The summed E-state index contributed by atoms with van der Waals surface area (Å²) < 4.78 is 4.87. The van der Waals surface area contributed by atoms with Gasteiger partial charge in [-0.2, -0.15) is 0 Å². The lowest BCUT2D eigenvalue weighted by Gasteiger charge is -2.33. The van der Waals surface area contributed by atoms with Crippen LogP contribution in [0.4, 0.5) is 5.69 Å². The fourth-order valence-corrected chi connectivity index (χ4v) is 4.26. The Hall–Kier alpha value is -1.59. The molecule has 1 N–H and O–H groups in total. The van der Waals surface area contributed by atoms with E-state index < -0.39 is 6.10 Å². The van der Waals surface area contributed by atoms with Crippen LogP contribution in [-0.4, -0.2) is 55.9 Å². The molecular formula is C19H28N2O3. The zero-order valence-electron chi connectivity index (χ0n) is 14.8. The van der Waals surface area contributed by atoms with Crippen molar-refractivity contribution in [2.45, 2.75) is 43.9 Å². The van der Waals surface area contributed by atoms with Crippen molar-refractivity contribution in [2.75, 3.05) is 32.6 Å². The topological polar surface area (TPSA) is 53.0 Å². The molecule has 2 aliphatic rings. The Bertz CT molecular complexity index is 590. The molecule has 4 atom stereocenters. The predicted molar refractivity (Wildman–Crippen MR) is 94.0 cm³/mol. The Labute approximate surface area is 144 Å². The van der Waals surface area contributed by atoms with E-state index in [9.17, 15) is 9.90 Å². The minimum atomic E-state index is -0.452. The molecule has 1 heterocycles. The average molecular weight is 332 g/mol. The van der Waals surface area contributed by atoms with Crippen LogP contribution in [0.2, 0.25) is 0 Å². The van der Waals surface area contributed by atoms with Crippen molar-refractivity contribution >= 4 is 11.7 Å². The van der Waals surface area contributed by atoms with E-state index in [1.807, 2.05) is 14.1 Å². The number of ether oxygens (including phenoxy) is 1. The summed E-state index contributed by atoms with van der Waals surface area (Å²) in [6.45, 7) is 0.979. The van der Waals surface area contributed by atoms with Crippen LogP contribution in [0.3, 0.4) is 0 Å². The number of esters is 1. The Kier molecular flexibility index (Phi) is 5.11. The normalized spacial score (nSPS) is 30.5. The molecule has 3 rings (SSSR count). The fourth-order valence-electron chi connectivity index (χ4n) is 4.26. The van der Waals surface area contributed by atoms with Gasteiger partial charge in [0.05, 0.1) is 19.1 Å². The maximum absolute atomic E-state index is 11.8. The molecule has 0 spiro atoms. The molecule has 5 heteroatoms. The van der Waals surface area contributed by atoms with E-state index in [4.69, 9.17) is 4.74 Å². The zero-order valence-corrected chi connectivity index (χ0v) is 14.8. The highest BCUT2D eigenvalue weighted by Crippen LogP contribution is 2.40. The quantitative estimate of drug-likeness (QED) is 0.857. The molecule has 1 aromatic rings. The summed E-state index contributed by atoms with van der Waals surface area (Å²) in [5, 5.41) is 10.5. The van der Waals surface area contributed by atoms with Gasteiger partial charge in [-0.15, -0.1) is 0 Å². The predicted octanol–water partition coefficient (Wildman–Crippen LogP) is 2.20. The molecule has 1 saturated carbocycles. The Morgan fingerprint density at radius 2 is 2.12 bits per heavy atom. The van der Waals surface area contributed by atoms with Gasteiger partial charge in [0.25, 0.3) is 0 Å². The van der Waals surface area contributed by atoms with Crippen LogP contribution in [0.25, 0.3) is 0 Å². The first-order valence-electron chi connectivity index (χ1n) is 8.80. The summed E-state index contributed by atoms with van der Waals surface area (Å²) in [5.74, 6) is -0.369. The minimum Gasteiger partial charge on any atom is -0.469 e. The highest BCUT2D eigenvalue weighted by molar-refractivity contribution is 5.72. The van der Waals surface area contributed by atoms with E-state index in [1.165, 1.54) is 18.4 Å². The number of aliphatic hydroxyl groups excluding tert-OH is 1. The second-order valence-corrected chi connectivity index (χ2v) is 7.21. The third-order valence-electron chi connectivity index (χ3n) is 5.52. The van der Waals surface area contributed by atoms with Crippen molar-refractivity contribution < 1.29 is 14.6 Å². The average Bonchev–Trinajstić information content (AvgIpc) is 3.20. The number of benzene rings is 1. The molecule has 0 amide bonds. The summed E-state index contributed by atoms with van der Waals surface area (Å²) >= 11 is 0. The second kappa shape index (κ2) is 7.11. The molecule has 1 saturated heterocycles. The van der Waals surface area contributed by atoms with Gasteiger partial charge in [0, 0.05) is 31.9 Å². The molecule has 24 heavy (non-hydrogen) atoms. The SMILES string of the molecule is COC(=O)[C@@H]1C[C@H](O)[C@@H](N2CCC[C@@H]2c2cccc(N(C)C)c2)C1. The largest absolute Gasteiger partial charge is 0.469 e. The number of rotatable bonds is 4. The van der Waals surface area contributed by atoms with Gasteiger partial charge in [-0.1, -0.05) is 12.1 Å². The maximum atomic E-state index is 11.8. The van der Waals surface area contributed by atoms with Crippen LogP contribution in [0.15, 0.2) is 24.3 Å².